The van der Waals surface area contributed by atoms with Crippen molar-refractivity contribution in [2.75, 3.05) is 24.6 Å². The lowest BCUT2D eigenvalue weighted by molar-refractivity contribution is 0.266. The Morgan fingerprint density at radius 1 is 1.50 bits per heavy atom. The van der Waals surface area contributed by atoms with Gasteiger partial charge in [0.15, 0.2) is 0 Å². The maximum Gasteiger partial charge on any atom is 0.130 e. The molecular weight excluding hydrogens is 255 g/mol. The van der Waals surface area contributed by atoms with E-state index in [0.717, 1.165) is 43.6 Å². The molecule has 3 nitrogen and oxygen atoms in total. The van der Waals surface area contributed by atoms with Crippen LogP contribution in [0.1, 0.15) is 44.7 Å². The van der Waals surface area contributed by atoms with E-state index in [2.05, 4.69) is 17.1 Å². The van der Waals surface area contributed by atoms with Crippen LogP contribution >= 0.6 is 0 Å². The van der Waals surface area contributed by atoms with Crippen molar-refractivity contribution in [3.63, 3.8) is 0 Å². The molecule has 112 valence electrons. The Morgan fingerprint density at radius 2 is 2.30 bits per heavy atom. The lowest BCUT2D eigenvalue weighted by atomic mass is 10.0. The average Bonchev–Trinajstić information content (AvgIpc) is 2.92. The number of anilines is 1. The van der Waals surface area contributed by atoms with E-state index in [0.29, 0.717) is 0 Å². The molecule has 0 bridgehead atoms. The van der Waals surface area contributed by atoms with Crippen LogP contribution < -0.4 is 10.2 Å². The highest BCUT2D eigenvalue weighted by molar-refractivity contribution is 5.57. The summed E-state index contributed by atoms with van der Waals surface area (Å²) in [5, 5.41) is 12.8. The predicted molar refractivity (Wildman–Crippen MR) is 80.6 cm³/mol. The molecule has 1 fully saturated rings. The second kappa shape index (κ2) is 7.04. The largest absolute Gasteiger partial charge is 0.394 e. The van der Waals surface area contributed by atoms with Gasteiger partial charge in [0.25, 0.3) is 0 Å². The minimum Gasteiger partial charge on any atom is -0.394 e. The minimum atomic E-state index is -0.165. The summed E-state index contributed by atoms with van der Waals surface area (Å²) in [6.45, 7) is 6.00. The van der Waals surface area contributed by atoms with Crippen LogP contribution in [-0.4, -0.2) is 30.8 Å². The van der Waals surface area contributed by atoms with Gasteiger partial charge in [0.1, 0.15) is 5.82 Å². The van der Waals surface area contributed by atoms with Crippen LogP contribution in [0, 0.1) is 5.82 Å². The van der Waals surface area contributed by atoms with Crippen LogP contribution in [0.5, 0.6) is 0 Å². The molecule has 2 rings (SSSR count). The summed E-state index contributed by atoms with van der Waals surface area (Å²) in [5.74, 6) is -0.165. The van der Waals surface area contributed by atoms with Crippen molar-refractivity contribution in [2.45, 2.75) is 45.2 Å². The second-order valence-electron chi connectivity index (χ2n) is 5.52. The lowest BCUT2D eigenvalue weighted by Crippen LogP contribution is -2.34. The molecule has 0 spiro atoms. The first-order chi connectivity index (χ1) is 9.69. The number of hydrogen-bond donors (Lipinski definition) is 2. The Balaban J connectivity index is 2.30. The highest BCUT2D eigenvalue weighted by atomic mass is 19.1. The van der Waals surface area contributed by atoms with Crippen LogP contribution in [0.3, 0.4) is 0 Å². The first kappa shape index (κ1) is 15.3. The van der Waals surface area contributed by atoms with E-state index in [1.807, 2.05) is 13.0 Å². The third-order valence-electron chi connectivity index (χ3n) is 4.06. The standard InChI is InChI=1S/C16H25FN2O/c1-3-9-18-12(2)16-14(17)7-4-8-15(16)19-10-5-6-13(19)11-20/h4,7-8,12-13,18,20H,3,5-6,9-11H2,1-2H3. The number of nitrogens with one attached hydrogen (secondary N) is 1. The van der Waals surface area contributed by atoms with Gasteiger partial charge < -0.3 is 15.3 Å². The molecule has 20 heavy (non-hydrogen) atoms. The second-order valence-corrected chi connectivity index (χ2v) is 5.52. The number of aliphatic hydroxyl groups excluding tert-OH is 1. The molecule has 0 aromatic heterocycles. The monoisotopic (exact) mass is 280 g/mol. The summed E-state index contributed by atoms with van der Waals surface area (Å²) in [6.07, 6.45) is 3.05. The van der Waals surface area contributed by atoms with Gasteiger partial charge in [-0.3, -0.25) is 0 Å². The average molecular weight is 280 g/mol. The minimum absolute atomic E-state index is 0.0221. The predicted octanol–water partition coefficient (Wildman–Crippen LogP) is 2.85. The molecule has 1 saturated heterocycles. The van der Waals surface area contributed by atoms with Crippen LogP contribution in [0.4, 0.5) is 10.1 Å². The zero-order chi connectivity index (χ0) is 14.5. The Morgan fingerprint density at radius 3 is 3.00 bits per heavy atom. The van der Waals surface area contributed by atoms with E-state index in [1.165, 1.54) is 6.07 Å². The molecule has 0 aliphatic carbocycles. The van der Waals surface area contributed by atoms with Crippen LogP contribution in [0.15, 0.2) is 18.2 Å². The lowest BCUT2D eigenvalue weighted by Gasteiger charge is -2.30. The van der Waals surface area contributed by atoms with Crippen molar-refractivity contribution in [2.24, 2.45) is 0 Å². The van der Waals surface area contributed by atoms with Gasteiger partial charge in [-0.1, -0.05) is 13.0 Å². The first-order valence-corrected chi connectivity index (χ1v) is 7.58. The fourth-order valence-corrected chi connectivity index (χ4v) is 3.01. The molecule has 0 saturated carbocycles. The molecule has 2 atom stereocenters. The van der Waals surface area contributed by atoms with Crippen LogP contribution in [0.25, 0.3) is 0 Å². The van der Waals surface area contributed by atoms with Gasteiger partial charge in [0, 0.05) is 23.8 Å². The summed E-state index contributed by atoms with van der Waals surface area (Å²) in [6, 6.07) is 5.34. The number of aliphatic hydroxyl groups is 1. The summed E-state index contributed by atoms with van der Waals surface area (Å²) in [4.78, 5) is 2.16. The third kappa shape index (κ3) is 3.13. The molecule has 2 unspecified atom stereocenters. The van der Waals surface area contributed by atoms with Crippen molar-refractivity contribution in [1.82, 2.24) is 5.32 Å². The molecule has 0 radical (unpaired) electrons. The van der Waals surface area contributed by atoms with Gasteiger partial charge in [0.05, 0.1) is 12.6 Å². The van der Waals surface area contributed by atoms with Crippen LogP contribution in [0.2, 0.25) is 0 Å². The fourth-order valence-electron chi connectivity index (χ4n) is 3.01. The molecule has 1 heterocycles. The number of benzene rings is 1. The van der Waals surface area contributed by atoms with Crippen molar-refractivity contribution >= 4 is 5.69 Å². The molecule has 0 amide bonds. The zero-order valence-electron chi connectivity index (χ0n) is 12.4. The van der Waals surface area contributed by atoms with Gasteiger partial charge in [0.2, 0.25) is 0 Å². The number of halogens is 1. The molecule has 4 heteroatoms. The Hall–Kier alpha value is -1.13. The Bertz CT molecular complexity index is 438. The van der Waals surface area contributed by atoms with E-state index >= 15 is 0 Å². The molecular formula is C16H25FN2O. The van der Waals surface area contributed by atoms with E-state index in [-0.39, 0.29) is 24.5 Å². The van der Waals surface area contributed by atoms with E-state index < -0.39 is 0 Å². The smallest absolute Gasteiger partial charge is 0.130 e. The van der Waals surface area contributed by atoms with Gasteiger partial charge in [-0.2, -0.15) is 0 Å². The highest BCUT2D eigenvalue weighted by Crippen LogP contribution is 2.33. The van der Waals surface area contributed by atoms with Crippen molar-refractivity contribution in [3.8, 4) is 0 Å². The van der Waals surface area contributed by atoms with E-state index in [4.69, 9.17) is 0 Å². The summed E-state index contributed by atoms with van der Waals surface area (Å²) < 4.78 is 14.3. The van der Waals surface area contributed by atoms with Gasteiger partial charge in [-0.05, 0) is 44.9 Å². The first-order valence-electron chi connectivity index (χ1n) is 7.58. The van der Waals surface area contributed by atoms with Crippen molar-refractivity contribution in [3.05, 3.63) is 29.6 Å². The Labute approximate surface area is 120 Å². The molecule has 2 N–H and O–H groups in total. The maximum atomic E-state index is 14.3. The molecule has 1 aliphatic heterocycles. The highest BCUT2D eigenvalue weighted by Gasteiger charge is 2.28. The van der Waals surface area contributed by atoms with Crippen LogP contribution in [-0.2, 0) is 0 Å². The summed E-state index contributed by atoms with van der Waals surface area (Å²) in [7, 11) is 0. The molecule has 1 aliphatic rings. The van der Waals surface area contributed by atoms with E-state index in [1.54, 1.807) is 6.07 Å². The fraction of sp³-hybridized carbons (Fsp3) is 0.625. The van der Waals surface area contributed by atoms with Gasteiger partial charge in [-0.15, -0.1) is 0 Å². The normalized spacial score (nSPS) is 20.4. The molecule has 1 aromatic rings. The topological polar surface area (TPSA) is 35.5 Å². The zero-order valence-corrected chi connectivity index (χ0v) is 12.4. The van der Waals surface area contributed by atoms with Gasteiger partial charge >= 0.3 is 0 Å². The van der Waals surface area contributed by atoms with Crippen molar-refractivity contribution < 1.29 is 9.50 Å². The maximum absolute atomic E-state index is 14.3. The summed E-state index contributed by atoms with van der Waals surface area (Å²) in [5.41, 5.74) is 1.65. The summed E-state index contributed by atoms with van der Waals surface area (Å²) >= 11 is 0. The van der Waals surface area contributed by atoms with Gasteiger partial charge in [-0.25, -0.2) is 4.39 Å². The number of nitrogens with zero attached hydrogens (tertiary/aromatic N) is 1. The van der Waals surface area contributed by atoms with E-state index in [9.17, 15) is 9.50 Å². The third-order valence-corrected chi connectivity index (χ3v) is 4.06. The number of hydrogen-bond acceptors (Lipinski definition) is 3. The quantitative estimate of drug-likeness (QED) is 0.841. The number of rotatable bonds is 6. The Kier molecular flexibility index (Phi) is 5.38. The van der Waals surface area contributed by atoms with Crippen molar-refractivity contribution in [1.29, 1.82) is 0 Å². The molecule has 1 aromatic carbocycles. The SMILES string of the molecule is CCCNC(C)c1c(F)cccc1N1CCCC1CO.